The zero-order chi connectivity index (χ0) is 20.3. The van der Waals surface area contributed by atoms with Gasteiger partial charge in [0.05, 0.1) is 45.0 Å². The normalized spacial score (nSPS) is 14.7. The monoisotopic (exact) mass is 373 g/mol. The predicted molar refractivity (Wildman–Crippen MR) is 104 cm³/mol. The van der Waals surface area contributed by atoms with Crippen molar-refractivity contribution in [1.82, 2.24) is 0 Å². The first-order valence-corrected chi connectivity index (χ1v) is 9.22. The molecule has 26 heavy (non-hydrogen) atoms. The lowest BCUT2D eigenvalue weighted by Crippen LogP contribution is -2.53. The van der Waals surface area contributed by atoms with Crippen molar-refractivity contribution < 1.29 is 23.7 Å². The first-order chi connectivity index (χ1) is 11.9. The smallest absolute Gasteiger partial charge is 0.308 e. The van der Waals surface area contributed by atoms with E-state index in [2.05, 4.69) is 27.4 Å². The second-order valence-electron chi connectivity index (χ2n) is 8.92. The first-order valence-electron chi connectivity index (χ1n) is 9.22. The standard InChI is InChI=1S/C20H39NO5/c1-8-11-23-14-20(21,16-25-13-10-18(2,3)4)15-24-12-9-17(22)26-19(5,6)7/h8H,1,9-16,21H2,2-7H3. The van der Waals surface area contributed by atoms with Crippen molar-refractivity contribution in [2.24, 2.45) is 11.1 Å². The summed E-state index contributed by atoms with van der Waals surface area (Å²) >= 11 is 0. The third kappa shape index (κ3) is 15.3. The SMILES string of the molecule is C=CCOCC(N)(COCCC(=O)OC(C)(C)C)COCCC(C)(C)C. The average molecular weight is 374 g/mol. The van der Waals surface area contributed by atoms with Crippen LogP contribution in [0.4, 0.5) is 0 Å². The van der Waals surface area contributed by atoms with Crippen LogP contribution >= 0.6 is 0 Å². The van der Waals surface area contributed by atoms with Crippen LogP contribution in [0.25, 0.3) is 0 Å². The van der Waals surface area contributed by atoms with Crippen LogP contribution in [-0.4, -0.2) is 56.8 Å². The highest BCUT2D eigenvalue weighted by molar-refractivity contribution is 5.69. The van der Waals surface area contributed by atoms with Crippen molar-refractivity contribution >= 4 is 5.97 Å². The summed E-state index contributed by atoms with van der Waals surface area (Å²) in [6, 6.07) is 0. The molecule has 0 spiro atoms. The van der Waals surface area contributed by atoms with Gasteiger partial charge in [-0.3, -0.25) is 4.79 Å². The molecular weight excluding hydrogens is 334 g/mol. The molecule has 1 unspecified atom stereocenters. The topological polar surface area (TPSA) is 80.0 Å². The van der Waals surface area contributed by atoms with E-state index in [0.717, 1.165) is 6.42 Å². The molecule has 0 saturated heterocycles. The molecule has 0 aliphatic heterocycles. The van der Waals surface area contributed by atoms with Gasteiger partial charge in [-0.25, -0.2) is 0 Å². The Kier molecular flexibility index (Phi) is 11.3. The van der Waals surface area contributed by atoms with Crippen LogP contribution in [0.3, 0.4) is 0 Å². The van der Waals surface area contributed by atoms with Crippen molar-refractivity contribution in [2.45, 2.75) is 65.5 Å². The Bertz CT molecular complexity index is 411. The van der Waals surface area contributed by atoms with Gasteiger partial charge in [0.15, 0.2) is 0 Å². The quantitative estimate of drug-likeness (QED) is 0.304. The molecule has 0 radical (unpaired) electrons. The number of carbonyl (C=O) groups is 1. The molecule has 2 N–H and O–H groups in total. The van der Waals surface area contributed by atoms with Gasteiger partial charge >= 0.3 is 5.97 Å². The van der Waals surface area contributed by atoms with Gasteiger partial charge in [-0.05, 0) is 32.6 Å². The highest BCUT2D eigenvalue weighted by atomic mass is 16.6. The molecule has 6 heteroatoms. The van der Waals surface area contributed by atoms with Crippen LogP contribution in [0, 0.1) is 5.41 Å². The summed E-state index contributed by atoms with van der Waals surface area (Å²) in [5.41, 5.74) is 5.33. The van der Waals surface area contributed by atoms with Gasteiger partial charge in [0.1, 0.15) is 5.60 Å². The van der Waals surface area contributed by atoms with Crippen LogP contribution in [0.15, 0.2) is 12.7 Å². The Morgan fingerprint density at radius 2 is 1.50 bits per heavy atom. The van der Waals surface area contributed by atoms with Crippen LogP contribution in [0.1, 0.15) is 54.4 Å². The van der Waals surface area contributed by atoms with Crippen LogP contribution < -0.4 is 5.73 Å². The van der Waals surface area contributed by atoms with Gasteiger partial charge in [0.2, 0.25) is 0 Å². The molecular formula is C20H39NO5. The van der Waals surface area contributed by atoms with E-state index in [1.165, 1.54) is 0 Å². The van der Waals surface area contributed by atoms with Gasteiger partial charge in [-0.2, -0.15) is 0 Å². The summed E-state index contributed by atoms with van der Waals surface area (Å²) in [4.78, 5) is 11.7. The maximum Gasteiger partial charge on any atom is 0.308 e. The molecule has 0 bridgehead atoms. The summed E-state index contributed by atoms with van der Waals surface area (Å²) in [7, 11) is 0. The number of ether oxygens (including phenoxy) is 4. The van der Waals surface area contributed by atoms with E-state index >= 15 is 0 Å². The number of hydrogen-bond acceptors (Lipinski definition) is 6. The number of carbonyl (C=O) groups excluding carboxylic acids is 1. The lowest BCUT2D eigenvalue weighted by atomic mass is 9.93. The van der Waals surface area contributed by atoms with Crippen LogP contribution in [0.2, 0.25) is 0 Å². The largest absolute Gasteiger partial charge is 0.460 e. The van der Waals surface area contributed by atoms with Gasteiger partial charge in [0, 0.05) is 6.61 Å². The Morgan fingerprint density at radius 1 is 0.962 bits per heavy atom. The van der Waals surface area contributed by atoms with Crippen molar-refractivity contribution in [1.29, 1.82) is 0 Å². The molecule has 0 fully saturated rings. The maximum atomic E-state index is 11.7. The lowest BCUT2D eigenvalue weighted by Gasteiger charge is -2.29. The molecule has 0 aliphatic carbocycles. The summed E-state index contributed by atoms with van der Waals surface area (Å²) in [5, 5.41) is 0. The highest BCUT2D eigenvalue weighted by Crippen LogP contribution is 2.18. The average Bonchev–Trinajstić information content (AvgIpc) is 2.46. The van der Waals surface area contributed by atoms with E-state index < -0.39 is 11.1 Å². The first kappa shape index (κ1) is 25.1. The number of esters is 1. The number of hydrogen-bond donors (Lipinski definition) is 1. The minimum absolute atomic E-state index is 0.186. The third-order valence-corrected chi connectivity index (χ3v) is 3.27. The molecule has 0 aliphatic rings. The van der Waals surface area contributed by atoms with Crippen LogP contribution in [0.5, 0.6) is 0 Å². The van der Waals surface area contributed by atoms with Crippen LogP contribution in [-0.2, 0) is 23.7 Å². The van der Waals surface area contributed by atoms with E-state index in [1.807, 2.05) is 20.8 Å². The Labute approximate surface area is 159 Å². The molecule has 0 amide bonds. The van der Waals surface area contributed by atoms with Gasteiger partial charge in [-0.1, -0.05) is 26.8 Å². The fraction of sp³-hybridized carbons (Fsp3) is 0.850. The highest BCUT2D eigenvalue weighted by Gasteiger charge is 2.27. The predicted octanol–water partition coefficient (Wildman–Crippen LogP) is 3.09. The molecule has 6 nitrogen and oxygen atoms in total. The molecule has 154 valence electrons. The molecule has 0 heterocycles. The maximum absolute atomic E-state index is 11.7. The van der Waals surface area contributed by atoms with E-state index in [1.54, 1.807) is 6.08 Å². The summed E-state index contributed by atoms with van der Waals surface area (Å²) in [5.74, 6) is -0.288. The van der Waals surface area contributed by atoms with Crippen molar-refractivity contribution in [3.63, 3.8) is 0 Å². The summed E-state index contributed by atoms with van der Waals surface area (Å²) in [6.07, 6.45) is 2.80. The minimum atomic E-state index is -0.769. The Balaban J connectivity index is 4.30. The number of nitrogens with two attached hydrogens (primary N) is 1. The second kappa shape index (κ2) is 11.7. The Hall–Kier alpha value is -0.950. The lowest BCUT2D eigenvalue weighted by molar-refractivity contribution is -0.156. The fourth-order valence-corrected chi connectivity index (χ4v) is 1.95. The van der Waals surface area contributed by atoms with Gasteiger partial charge in [0.25, 0.3) is 0 Å². The fourth-order valence-electron chi connectivity index (χ4n) is 1.95. The van der Waals surface area contributed by atoms with E-state index in [-0.39, 0.29) is 31.0 Å². The molecule has 0 aromatic rings. The summed E-state index contributed by atoms with van der Waals surface area (Å²) in [6.45, 7) is 17.8. The molecule has 0 aromatic heterocycles. The zero-order valence-electron chi connectivity index (χ0n) is 17.6. The molecule has 1 atom stereocenters. The molecule has 0 rings (SSSR count). The second-order valence-corrected chi connectivity index (χ2v) is 8.92. The zero-order valence-corrected chi connectivity index (χ0v) is 17.6. The van der Waals surface area contributed by atoms with Gasteiger partial charge in [-0.15, -0.1) is 6.58 Å². The van der Waals surface area contributed by atoms with Crippen molar-refractivity contribution in [3.05, 3.63) is 12.7 Å². The summed E-state index contributed by atoms with van der Waals surface area (Å²) < 4.78 is 22.1. The number of rotatable bonds is 13. The molecule has 0 aromatic carbocycles. The van der Waals surface area contributed by atoms with E-state index in [4.69, 9.17) is 24.7 Å². The van der Waals surface area contributed by atoms with E-state index in [9.17, 15) is 4.79 Å². The van der Waals surface area contributed by atoms with E-state index in [0.29, 0.717) is 26.4 Å². The van der Waals surface area contributed by atoms with Gasteiger partial charge < -0.3 is 24.7 Å². The van der Waals surface area contributed by atoms with Crippen molar-refractivity contribution in [2.75, 3.05) is 39.6 Å². The van der Waals surface area contributed by atoms with Crippen molar-refractivity contribution in [3.8, 4) is 0 Å². The third-order valence-electron chi connectivity index (χ3n) is 3.27. The molecule has 0 saturated carbocycles. The minimum Gasteiger partial charge on any atom is -0.460 e. The Morgan fingerprint density at radius 3 is 2.00 bits per heavy atom.